The van der Waals surface area contributed by atoms with Gasteiger partial charge in [0.15, 0.2) is 23.0 Å². The molecule has 2 unspecified atom stereocenters. The van der Waals surface area contributed by atoms with Gasteiger partial charge in [0.1, 0.15) is 16.8 Å². The van der Waals surface area contributed by atoms with Crippen LogP contribution in [0, 0.1) is 23.7 Å². The van der Waals surface area contributed by atoms with Crippen molar-refractivity contribution in [3.63, 3.8) is 0 Å². The average molecular weight is 1350 g/mol. The third-order valence-electron chi connectivity index (χ3n) is 22.9. The van der Waals surface area contributed by atoms with E-state index in [1.54, 1.807) is 6.07 Å². The van der Waals surface area contributed by atoms with E-state index in [9.17, 15) is 24.9 Å². The molecule has 3 N–H and O–H groups in total. The zero-order valence-corrected chi connectivity index (χ0v) is 56.9. The summed E-state index contributed by atoms with van der Waals surface area (Å²) in [5.74, 6) is 4.61. The fraction of sp³-hybridized carbons (Fsp3) is 0.760. The van der Waals surface area contributed by atoms with Crippen LogP contribution in [0.5, 0.6) is 23.0 Å². The van der Waals surface area contributed by atoms with Crippen molar-refractivity contribution in [2.45, 2.75) is 298 Å². The smallest absolute Gasteiger partial charge is 0.504 e. The van der Waals surface area contributed by atoms with Crippen LogP contribution in [0.25, 0.3) is 0 Å². The summed E-state index contributed by atoms with van der Waals surface area (Å²) >= 11 is 1.98. The third kappa shape index (κ3) is 15.3. The molecule has 3 aliphatic heterocycles. The molecule has 0 aromatic heterocycles. The fourth-order valence-corrected chi connectivity index (χ4v) is 18.2. The molecule has 0 amide bonds. The van der Waals surface area contributed by atoms with E-state index in [1.165, 1.54) is 172 Å². The SMILES string of the molecule is C=C1CC[C@@]2(O)C3Cc4ccc(O)c5c4[C@@]2(CCN3CC2CC2)[C@H]1O5.C=C1CC[C@@]2(O)C3Cc4ccc(OCOC(=O)OCCCCCCCCCCCCCC)c5c4[C@@]2(CC[C@@H]3CC2CC2)[C@H]1O5.CCCCCCCCCCCCCCOC(=O)OCI. The molecule has 2 aromatic rings. The molecule has 4 bridgehead atoms. The summed E-state index contributed by atoms with van der Waals surface area (Å²) in [6.07, 6.45) is 43.7. The highest BCUT2D eigenvalue weighted by molar-refractivity contribution is 14.1. The van der Waals surface area contributed by atoms with Crippen LogP contribution >= 0.6 is 22.6 Å². The molecular formula is C75H112INO12. The largest absolute Gasteiger partial charge is 0.511 e. The number of rotatable bonds is 34. The van der Waals surface area contributed by atoms with Crippen molar-refractivity contribution in [1.29, 1.82) is 0 Å². The zero-order valence-electron chi connectivity index (χ0n) is 54.7. The molecule has 0 radical (unpaired) electrons. The van der Waals surface area contributed by atoms with Crippen LogP contribution in [-0.2, 0) is 42.6 Å². The molecule has 13 nitrogen and oxygen atoms in total. The normalized spacial score (nSPS) is 28.6. The van der Waals surface area contributed by atoms with E-state index in [0.717, 1.165) is 131 Å². The molecule has 2 spiro atoms. The number of carbonyl (C=O) groups excluding carboxylic acids is 2. The van der Waals surface area contributed by atoms with Gasteiger partial charge >= 0.3 is 12.3 Å². The van der Waals surface area contributed by atoms with Crippen LogP contribution in [0.15, 0.2) is 48.6 Å². The second kappa shape index (κ2) is 31.9. The van der Waals surface area contributed by atoms with Crippen molar-refractivity contribution in [1.82, 2.24) is 4.90 Å². The van der Waals surface area contributed by atoms with E-state index in [4.69, 9.17) is 28.4 Å². The van der Waals surface area contributed by atoms with E-state index < -0.39 is 34.3 Å². The number of alkyl halides is 1. The van der Waals surface area contributed by atoms with Crippen LogP contribution in [0.2, 0.25) is 0 Å². The number of unbranched alkanes of at least 4 members (excludes halogenated alkanes) is 22. The van der Waals surface area contributed by atoms with Crippen LogP contribution in [-0.4, -0.2) is 99.7 Å². The number of ether oxygens (including phenoxy) is 7. The number of carbonyl (C=O) groups is 2. The van der Waals surface area contributed by atoms with Crippen molar-refractivity contribution >= 4 is 34.9 Å². The molecule has 7 aliphatic carbocycles. The van der Waals surface area contributed by atoms with Gasteiger partial charge in [-0.3, -0.25) is 4.90 Å². The molecule has 12 rings (SSSR count). The number of halogens is 1. The topological polar surface area (TPSA) is 163 Å². The lowest BCUT2D eigenvalue weighted by atomic mass is 9.43. The lowest BCUT2D eigenvalue weighted by molar-refractivity contribution is -0.174. The first-order chi connectivity index (χ1) is 43.3. The van der Waals surface area contributed by atoms with Crippen molar-refractivity contribution in [2.24, 2.45) is 23.7 Å². The number of aromatic hydroxyl groups is 1. The Bertz CT molecular complexity index is 2670. The van der Waals surface area contributed by atoms with Gasteiger partial charge in [-0.05, 0) is 177 Å². The minimum Gasteiger partial charge on any atom is -0.504 e. The number of piperidine rings is 1. The third-order valence-corrected chi connectivity index (χ3v) is 23.2. The molecule has 14 heteroatoms. The second-order valence-corrected chi connectivity index (χ2v) is 29.4. The highest BCUT2D eigenvalue weighted by Crippen LogP contribution is 2.70. The Balaban J connectivity index is 0.000000163. The maximum atomic E-state index is 12.5. The van der Waals surface area contributed by atoms with Crippen LogP contribution in [0.1, 0.15) is 267 Å². The summed E-state index contributed by atoms with van der Waals surface area (Å²) in [4.78, 5) is 25.7. The Morgan fingerprint density at radius 1 is 0.584 bits per heavy atom. The lowest BCUT2D eigenvalue weighted by Gasteiger charge is -2.63. The van der Waals surface area contributed by atoms with E-state index in [0.29, 0.717) is 41.0 Å². The predicted octanol–water partition coefficient (Wildman–Crippen LogP) is 18.1. The maximum Gasteiger partial charge on any atom is 0.511 e. The van der Waals surface area contributed by atoms with E-state index in [2.05, 4.69) is 42.7 Å². The molecule has 6 fully saturated rings. The van der Waals surface area contributed by atoms with Crippen LogP contribution < -0.4 is 14.2 Å². The van der Waals surface area contributed by atoms with Gasteiger partial charge in [-0.2, -0.15) is 0 Å². The first kappa shape index (κ1) is 68.1. The van der Waals surface area contributed by atoms with E-state index in [1.807, 2.05) is 34.7 Å². The molecule has 89 heavy (non-hydrogen) atoms. The van der Waals surface area contributed by atoms with Crippen molar-refractivity contribution < 1.29 is 58.1 Å². The zero-order chi connectivity index (χ0) is 62.4. The minimum absolute atomic E-state index is 0.157. The molecule has 496 valence electrons. The molecule has 3 heterocycles. The number of phenols is 1. The highest BCUT2D eigenvalue weighted by Gasteiger charge is 2.73. The van der Waals surface area contributed by atoms with Gasteiger partial charge in [0, 0.05) is 23.7 Å². The lowest BCUT2D eigenvalue weighted by Crippen LogP contribution is -2.75. The number of benzene rings is 2. The number of aliphatic hydroxyl groups is 2. The fourth-order valence-electron chi connectivity index (χ4n) is 17.9. The van der Waals surface area contributed by atoms with Crippen LogP contribution in [0.4, 0.5) is 9.59 Å². The maximum absolute atomic E-state index is 12.5. The first-order valence-electron chi connectivity index (χ1n) is 36.0. The van der Waals surface area contributed by atoms with Gasteiger partial charge in [-0.15, -0.1) is 0 Å². The van der Waals surface area contributed by atoms with Gasteiger partial charge in [0.05, 0.1) is 35.2 Å². The van der Waals surface area contributed by atoms with Gasteiger partial charge in [-0.25, -0.2) is 9.59 Å². The van der Waals surface area contributed by atoms with Gasteiger partial charge in [-0.1, -0.05) is 193 Å². The Morgan fingerprint density at radius 2 is 1.08 bits per heavy atom. The van der Waals surface area contributed by atoms with E-state index >= 15 is 0 Å². The van der Waals surface area contributed by atoms with E-state index in [-0.39, 0.29) is 36.7 Å². The number of nitrogens with zero attached hydrogens (tertiary/aromatic N) is 1. The Morgan fingerprint density at radius 3 is 1.64 bits per heavy atom. The Kier molecular flexibility index (Phi) is 24.4. The van der Waals surface area contributed by atoms with Gasteiger partial charge < -0.3 is 48.5 Å². The van der Waals surface area contributed by atoms with Gasteiger partial charge in [0.2, 0.25) is 6.79 Å². The summed E-state index contributed by atoms with van der Waals surface area (Å²) in [5.41, 5.74) is 4.45. The molecule has 10 aliphatic rings. The molecule has 9 atom stereocenters. The average Bonchev–Trinajstić information content (AvgIpc) is 1.60. The van der Waals surface area contributed by atoms with Crippen molar-refractivity contribution in [2.75, 3.05) is 37.7 Å². The number of phenolic OH excluding ortho intramolecular Hbond substituents is 1. The summed E-state index contributed by atoms with van der Waals surface area (Å²) in [6, 6.07) is 8.06. The molecule has 5 saturated carbocycles. The quantitative estimate of drug-likeness (QED) is 0.0152. The standard InChI is InChI=1S/C38H56O6.C21H25NO3.C16H31IO3/c1-3-4-5-6-7-8-9-10-11-12-13-14-23-41-36(39)43-26-42-32-18-17-30-25-31-29(24-28-15-16-28)20-21-37-33(30)34(32)44-35(37)27(2)19-22-38(31,37)40;1-12-6-7-21(24)16-10-14-4-5-15(23)18-17(14)20(21,19(12)25-18)8-9-22(16)11-13-2-3-13;1-2-3-4-5-6-7-8-9-10-11-12-13-14-19-16(18)20-15-17/h17-18,28-29,31,35,40H,2-16,19-26H2,1H3;4-5,13,16,19,23-24H,1-3,6-11H2;2-15H2,1H3/t29-,31?,35+,37+,38-;16?,19-,20-,21+;/m10./s1. The molecular weight excluding hydrogens is 1230 g/mol. The summed E-state index contributed by atoms with van der Waals surface area (Å²) in [7, 11) is 0. The number of hydrogen-bond acceptors (Lipinski definition) is 13. The number of likely N-dealkylation sites (tertiary alicyclic amines) is 1. The van der Waals surface area contributed by atoms with Crippen molar-refractivity contribution in [3.8, 4) is 23.0 Å². The van der Waals surface area contributed by atoms with Gasteiger partial charge in [0.25, 0.3) is 0 Å². The first-order valence-corrected chi connectivity index (χ1v) is 37.5. The monoisotopic (exact) mass is 1350 g/mol. The minimum atomic E-state index is -0.780. The molecule has 1 saturated heterocycles. The number of hydrogen-bond donors (Lipinski definition) is 3. The summed E-state index contributed by atoms with van der Waals surface area (Å²) < 4.78 is 39.4. The summed E-state index contributed by atoms with van der Waals surface area (Å²) in [6.45, 7) is 16.0. The Labute approximate surface area is 548 Å². The highest BCUT2D eigenvalue weighted by atomic mass is 127. The predicted molar refractivity (Wildman–Crippen MR) is 358 cm³/mol. The van der Waals surface area contributed by atoms with Crippen molar-refractivity contribution in [3.05, 3.63) is 70.8 Å². The molecule has 2 aromatic carbocycles. The Hall–Kier alpha value is -3.73. The van der Waals surface area contributed by atoms with Crippen LogP contribution in [0.3, 0.4) is 0 Å². The summed E-state index contributed by atoms with van der Waals surface area (Å²) in [5, 5.41) is 35.0. The second-order valence-electron chi connectivity index (χ2n) is 28.8.